The number of carboxylic acids is 1. The minimum atomic E-state index is -0.717. The van der Waals surface area contributed by atoms with Crippen LogP contribution < -0.4 is 4.90 Å². The predicted molar refractivity (Wildman–Crippen MR) is 89.2 cm³/mol. The number of nitrogens with zero attached hydrogens (tertiary/aromatic N) is 1. The number of rotatable bonds is 5. The standard InChI is InChI=1S/C19H25NO3/c21-18(15-9-11-16(12-10-15)19(22)23)20(13-14-5-4-6-14)17-7-2-1-3-8-17/h1-3,7-8,14-16H,4-6,9-13H2,(H,22,23). The first-order chi connectivity index (χ1) is 11.1. The van der Waals surface area contributed by atoms with Gasteiger partial charge in [0.05, 0.1) is 5.92 Å². The third kappa shape index (κ3) is 3.74. The summed E-state index contributed by atoms with van der Waals surface area (Å²) in [6.07, 6.45) is 6.33. The molecular weight excluding hydrogens is 290 g/mol. The number of hydrogen-bond donors (Lipinski definition) is 1. The number of carbonyl (C=O) groups is 2. The van der Waals surface area contributed by atoms with Gasteiger partial charge in [-0.05, 0) is 56.6 Å². The molecule has 4 heteroatoms. The lowest BCUT2D eigenvalue weighted by molar-refractivity contribution is -0.144. The third-order valence-corrected chi connectivity index (χ3v) is 5.43. The van der Waals surface area contributed by atoms with Crippen LogP contribution in [-0.2, 0) is 9.59 Å². The smallest absolute Gasteiger partial charge is 0.306 e. The quantitative estimate of drug-likeness (QED) is 0.901. The molecule has 0 aliphatic heterocycles. The Labute approximate surface area is 137 Å². The molecule has 0 heterocycles. The minimum absolute atomic E-state index is 0.0223. The van der Waals surface area contributed by atoms with Gasteiger partial charge < -0.3 is 10.0 Å². The summed E-state index contributed by atoms with van der Waals surface area (Å²) in [5.41, 5.74) is 0.977. The summed E-state index contributed by atoms with van der Waals surface area (Å²) in [6, 6.07) is 9.90. The van der Waals surface area contributed by atoms with Crippen molar-refractivity contribution >= 4 is 17.6 Å². The lowest BCUT2D eigenvalue weighted by Crippen LogP contribution is -2.42. The van der Waals surface area contributed by atoms with Crippen molar-refractivity contribution in [2.75, 3.05) is 11.4 Å². The van der Waals surface area contributed by atoms with Crippen molar-refractivity contribution in [1.29, 1.82) is 0 Å². The van der Waals surface area contributed by atoms with E-state index in [1.807, 2.05) is 35.2 Å². The topological polar surface area (TPSA) is 57.6 Å². The summed E-state index contributed by atoms with van der Waals surface area (Å²) in [6.45, 7) is 0.807. The van der Waals surface area contributed by atoms with E-state index in [0.717, 1.165) is 12.2 Å². The van der Waals surface area contributed by atoms with E-state index < -0.39 is 5.97 Å². The molecular formula is C19H25NO3. The first-order valence-corrected chi connectivity index (χ1v) is 8.74. The van der Waals surface area contributed by atoms with E-state index in [9.17, 15) is 9.59 Å². The number of amides is 1. The average Bonchev–Trinajstić information content (AvgIpc) is 2.54. The molecule has 0 radical (unpaired) electrons. The predicted octanol–water partition coefficient (Wildman–Crippen LogP) is 3.71. The van der Waals surface area contributed by atoms with Gasteiger partial charge in [-0.1, -0.05) is 24.6 Å². The second-order valence-corrected chi connectivity index (χ2v) is 6.97. The molecule has 124 valence electrons. The molecule has 0 bridgehead atoms. The summed E-state index contributed by atoms with van der Waals surface area (Å²) in [7, 11) is 0. The Bertz CT molecular complexity index is 545. The van der Waals surface area contributed by atoms with Crippen LogP contribution in [0.15, 0.2) is 30.3 Å². The Hall–Kier alpha value is -1.84. The highest BCUT2D eigenvalue weighted by Gasteiger charge is 2.34. The summed E-state index contributed by atoms with van der Waals surface area (Å²) < 4.78 is 0. The maximum Gasteiger partial charge on any atom is 0.306 e. The van der Waals surface area contributed by atoms with Crippen molar-refractivity contribution < 1.29 is 14.7 Å². The van der Waals surface area contributed by atoms with Crippen molar-refractivity contribution in [3.05, 3.63) is 30.3 Å². The maximum atomic E-state index is 13.0. The highest BCUT2D eigenvalue weighted by molar-refractivity contribution is 5.95. The normalized spacial score (nSPS) is 24.7. The summed E-state index contributed by atoms with van der Waals surface area (Å²) >= 11 is 0. The largest absolute Gasteiger partial charge is 0.481 e. The van der Waals surface area contributed by atoms with Crippen LogP contribution >= 0.6 is 0 Å². The fourth-order valence-corrected chi connectivity index (χ4v) is 3.67. The van der Waals surface area contributed by atoms with Gasteiger partial charge in [0.1, 0.15) is 0 Å². The van der Waals surface area contributed by atoms with E-state index in [1.165, 1.54) is 19.3 Å². The number of hydrogen-bond acceptors (Lipinski definition) is 2. The Morgan fingerprint density at radius 2 is 1.57 bits per heavy atom. The zero-order chi connectivity index (χ0) is 16.2. The molecule has 2 aliphatic carbocycles. The van der Waals surface area contributed by atoms with Crippen molar-refractivity contribution in [1.82, 2.24) is 0 Å². The monoisotopic (exact) mass is 315 g/mol. The second kappa shape index (κ2) is 7.16. The number of anilines is 1. The Kier molecular flexibility index (Phi) is 4.99. The lowest BCUT2D eigenvalue weighted by atomic mass is 9.80. The van der Waals surface area contributed by atoms with E-state index in [2.05, 4.69) is 0 Å². The Morgan fingerprint density at radius 3 is 2.09 bits per heavy atom. The molecule has 0 unspecified atom stereocenters. The van der Waals surface area contributed by atoms with E-state index in [0.29, 0.717) is 31.6 Å². The fraction of sp³-hybridized carbons (Fsp3) is 0.579. The van der Waals surface area contributed by atoms with Crippen LogP contribution in [0.5, 0.6) is 0 Å². The number of aliphatic carboxylic acids is 1. The molecule has 2 aliphatic rings. The van der Waals surface area contributed by atoms with Crippen molar-refractivity contribution in [3.63, 3.8) is 0 Å². The zero-order valence-electron chi connectivity index (χ0n) is 13.5. The van der Waals surface area contributed by atoms with Gasteiger partial charge in [0.2, 0.25) is 5.91 Å². The molecule has 1 aromatic rings. The van der Waals surface area contributed by atoms with Gasteiger partial charge in [-0.3, -0.25) is 9.59 Å². The van der Waals surface area contributed by atoms with Gasteiger partial charge in [-0.2, -0.15) is 0 Å². The van der Waals surface area contributed by atoms with Crippen molar-refractivity contribution in [2.45, 2.75) is 44.9 Å². The van der Waals surface area contributed by atoms with Gasteiger partial charge in [0.25, 0.3) is 0 Å². The zero-order valence-corrected chi connectivity index (χ0v) is 13.5. The van der Waals surface area contributed by atoms with Gasteiger partial charge in [-0.15, -0.1) is 0 Å². The fourth-order valence-electron chi connectivity index (χ4n) is 3.67. The molecule has 3 rings (SSSR count). The summed E-state index contributed by atoms with van der Waals surface area (Å²) in [4.78, 5) is 26.1. The minimum Gasteiger partial charge on any atom is -0.481 e. The molecule has 1 aromatic carbocycles. The number of carbonyl (C=O) groups excluding carboxylic acids is 1. The van der Waals surface area contributed by atoms with Gasteiger partial charge in [0, 0.05) is 18.2 Å². The van der Waals surface area contributed by atoms with Gasteiger partial charge in [0.15, 0.2) is 0 Å². The van der Waals surface area contributed by atoms with E-state index in [4.69, 9.17) is 5.11 Å². The lowest BCUT2D eigenvalue weighted by Gasteiger charge is -2.36. The SMILES string of the molecule is O=C(O)C1CCC(C(=O)N(CC2CCC2)c2ccccc2)CC1. The van der Waals surface area contributed by atoms with Crippen LogP contribution in [0.4, 0.5) is 5.69 Å². The molecule has 4 nitrogen and oxygen atoms in total. The third-order valence-electron chi connectivity index (χ3n) is 5.43. The maximum absolute atomic E-state index is 13.0. The number of para-hydroxylation sites is 1. The second-order valence-electron chi connectivity index (χ2n) is 6.97. The van der Waals surface area contributed by atoms with Gasteiger partial charge >= 0.3 is 5.97 Å². The van der Waals surface area contributed by atoms with Gasteiger partial charge in [-0.25, -0.2) is 0 Å². The molecule has 2 fully saturated rings. The number of carboxylic acid groups (broad SMARTS) is 1. The van der Waals surface area contributed by atoms with E-state index in [1.54, 1.807) is 0 Å². The Balaban J connectivity index is 1.69. The van der Waals surface area contributed by atoms with Crippen molar-refractivity contribution in [3.8, 4) is 0 Å². The van der Waals surface area contributed by atoms with E-state index in [-0.39, 0.29) is 17.7 Å². The first kappa shape index (κ1) is 16.0. The molecule has 1 N–H and O–H groups in total. The van der Waals surface area contributed by atoms with Crippen LogP contribution in [0.2, 0.25) is 0 Å². The van der Waals surface area contributed by atoms with Crippen LogP contribution in [0.3, 0.4) is 0 Å². The molecule has 2 saturated carbocycles. The highest BCUT2D eigenvalue weighted by Crippen LogP contribution is 2.34. The van der Waals surface area contributed by atoms with Crippen LogP contribution in [0.1, 0.15) is 44.9 Å². The molecule has 0 aromatic heterocycles. The highest BCUT2D eigenvalue weighted by atomic mass is 16.4. The molecule has 0 atom stereocenters. The molecule has 0 spiro atoms. The van der Waals surface area contributed by atoms with Crippen LogP contribution in [-0.4, -0.2) is 23.5 Å². The first-order valence-electron chi connectivity index (χ1n) is 8.74. The number of benzene rings is 1. The molecule has 0 saturated heterocycles. The Morgan fingerprint density at radius 1 is 0.957 bits per heavy atom. The van der Waals surface area contributed by atoms with E-state index >= 15 is 0 Å². The molecule has 1 amide bonds. The van der Waals surface area contributed by atoms with Crippen molar-refractivity contribution in [2.24, 2.45) is 17.8 Å². The summed E-state index contributed by atoms with van der Waals surface area (Å²) in [5.74, 6) is -0.200. The van der Waals surface area contributed by atoms with Crippen LogP contribution in [0.25, 0.3) is 0 Å². The average molecular weight is 315 g/mol. The van der Waals surface area contributed by atoms with Crippen LogP contribution in [0, 0.1) is 17.8 Å². The summed E-state index contributed by atoms with van der Waals surface area (Å²) in [5, 5.41) is 9.11. The molecule has 23 heavy (non-hydrogen) atoms.